The zero-order chi connectivity index (χ0) is 22.7. The number of benzene rings is 2. The van der Waals surface area contributed by atoms with Crippen LogP contribution in [-0.2, 0) is 10.8 Å². The van der Waals surface area contributed by atoms with Crippen molar-refractivity contribution in [2.75, 3.05) is 13.2 Å². The minimum Gasteiger partial charge on any atom is -0.507 e. The molecule has 31 heavy (non-hydrogen) atoms. The fourth-order valence-corrected chi connectivity index (χ4v) is 4.18. The summed E-state index contributed by atoms with van der Waals surface area (Å²) >= 11 is 0. The van der Waals surface area contributed by atoms with Crippen molar-refractivity contribution in [2.45, 2.75) is 72.1 Å². The van der Waals surface area contributed by atoms with Crippen LogP contribution in [0, 0.1) is 0 Å². The van der Waals surface area contributed by atoms with Crippen molar-refractivity contribution in [3.63, 3.8) is 0 Å². The van der Waals surface area contributed by atoms with Gasteiger partial charge in [-0.05, 0) is 23.0 Å². The van der Waals surface area contributed by atoms with Gasteiger partial charge in [-0.2, -0.15) is 0 Å². The van der Waals surface area contributed by atoms with Gasteiger partial charge in [-0.3, -0.25) is 4.57 Å². The van der Waals surface area contributed by atoms with Crippen LogP contribution in [0.1, 0.15) is 78.3 Å². The number of rotatable bonds is 2. The molecule has 1 aliphatic rings. The summed E-state index contributed by atoms with van der Waals surface area (Å²) in [5.74, 6) is 3.07. The Morgan fingerprint density at radius 2 is 1.39 bits per heavy atom. The van der Waals surface area contributed by atoms with Gasteiger partial charge in [-0.1, -0.05) is 55.4 Å². The van der Waals surface area contributed by atoms with E-state index in [9.17, 15) is 5.11 Å². The zero-order valence-electron chi connectivity index (χ0n) is 20.0. The molecule has 0 atom stereocenters. The first-order chi connectivity index (χ1) is 14.4. The van der Waals surface area contributed by atoms with Gasteiger partial charge in [0.25, 0.3) is 0 Å². The fourth-order valence-electron chi connectivity index (χ4n) is 4.18. The molecule has 1 aliphatic heterocycles. The molecule has 5 heteroatoms. The molecule has 0 spiro atoms. The monoisotopic (exact) mass is 422 g/mol. The smallest absolute Gasteiger partial charge is 0.163 e. The van der Waals surface area contributed by atoms with E-state index in [2.05, 4.69) is 72.1 Å². The Kier molecular flexibility index (Phi) is 4.99. The molecule has 0 fully saturated rings. The van der Waals surface area contributed by atoms with Crippen LogP contribution in [0.3, 0.4) is 0 Å². The van der Waals surface area contributed by atoms with Gasteiger partial charge >= 0.3 is 0 Å². The number of aromatic nitrogens is 2. The third kappa shape index (κ3) is 3.75. The second kappa shape index (κ2) is 7.18. The number of aromatic hydroxyl groups is 1. The van der Waals surface area contributed by atoms with Crippen LogP contribution < -0.4 is 9.47 Å². The van der Waals surface area contributed by atoms with Gasteiger partial charge < -0.3 is 14.6 Å². The van der Waals surface area contributed by atoms with E-state index in [1.165, 1.54) is 0 Å². The Labute approximate surface area is 185 Å². The van der Waals surface area contributed by atoms with Crippen LogP contribution in [0.15, 0.2) is 24.3 Å². The van der Waals surface area contributed by atoms with E-state index in [0.29, 0.717) is 19.0 Å². The number of imidazole rings is 1. The maximum atomic E-state index is 11.2. The van der Waals surface area contributed by atoms with Crippen molar-refractivity contribution in [3.05, 3.63) is 41.2 Å². The van der Waals surface area contributed by atoms with Crippen LogP contribution >= 0.6 is 0 Å². The second-order valence-corrected chi connectivity index (χ2v) is 10.8. The van der Waals surface area contributed by atoms with Gasteiger partial charge in [0.05, 0.1) is 11.0 Å². The van der Waals surface area contributed by atoms with Crippen LogP contribution in [0.4, 0.5) is 0 Å². The van der Waals surface area contributed by atoms with Gasteiger partial charge in [0, 0.05) is 34.9 Å². The van der Waals surface area contributed by atoms with E-state index in [1.54, 1.807) is 0 Å². The number of phenols is 1. The maximum Gasteiger partial charge on any atom is 0.163 e. The van der Waals surface area contributed by atoms with E-state index < -0.39 is 0 Å². The summed E-state index contributed by atoms with van der Waals surface area (Å²) in [6.07, 6.45) is 0. The first-order valence-electron chi connectivity index (χ1n) is 11.1. The van der Waals surface area contributed by atoms with Gasteiger partial charge in [0.2, 0.25) is 0 Å². The van der Waals surface area contributed by atoms with Crippen LogP contribution in [0.2, 0.25) is 0 Å². The fraction of sp³-hybridized carbons (Fsp3) is 0.500. The molecule has 0 amide bonds. The topological polar surface area (TPSA) is 56.5 Å². The summed E-state index contributed by atoms with van der Waals surface area (Å²) in [7, 11) is 0. The highest BCUT2D eigenvalue weighted by atomic mass is 16.6. The average molecular weight is 423 g/mol. The van der Waals surface area contributed by atoms with E-state index in [-0.39, 0.29) is 16.7 Å². The number of hydrogen-bond donors (Lipinski definition) is 1. The zero-order valence-corrected chi connectivity index (χ0v) is 20.0. The summed E-state index contributed by atoms with van der Waals surface area (Å²) < 4.78 is 13.9. The number of fused-ring (bicyclic) bond motifs is 2. The maximum absolute atomic E-state index is 11.2. The molecule has 3 aromatic rings. The minimum absolute atomic E-state index is 0.204. The lowest BCUT2D eigenvalue weighted by Gasteiger charge is -2.29. The second-order valence-electron chi connectivity index (χ2n) is 10.8. The average Bonchev–Trinajstić information content (AvgIpc) is 3.03. The van der Waals surface area contributed by atoms with Crippen molar-refractivity contribution in [2.24, 2.45) is 0 Å². The summed E-state index contributed by atoms with van der Waals surface area (Å²) in [4.78, 5) is 4.97. The highest BCUT2D eigenvalue weighted by molar-refractivity contribution is 5.83. The third-order valence-electron chi connectivity index (χ3n) is 5.83. The highest BCUT2D eigenvalue weighted by Crippen LogP contribution is 2.43. The Balaban J connectivity index is 2.07. The quantitative estimate of drug-likeness (QED) is 0.532. The highest BCUT2D eigenvalue weighted by Gasteiger charge is 2.28. The Morgan fingerprint density at radius 3 is 1.87 bits per heavy atom. The number of ether oxygens (including phenoxy) is 2. The molecule has 0 saturated carbocycles. The predicted octanol–water partition coefficient (Wildman–Crippen LogP) is 6.22. The summed E-state index contributed by atoms with van der Waals surface area (Å²) in [6, 6.07) is 8.22. The van der Waals surface area contributed by atoms with Crippen LogP contribution in [0.25, 0.3) is 16.7 Å². The van der Waals surface area contributed by atoms with Crippen LogP contribution in [0.5, 0.6) is 17.2 Å². The number of nitrogens with zero attached hydrogens (tertiary/aromatic N) is 2. The van der Waals surface area contributed by atoms with Gasteiger partial charge in [-0.25, -0.2) is 4.98 Å². The molecule has 0 bridgehead atoms. The van der Waals surface area contributed by atoms with E-state index in [4.69, 9.17) is 14.5 Å². The molecule has 5 nitrogen and oxygen atoms in total. The van der Waals surface area contributed by atoms with Gasteiger partial charge in [0.1, 0.15) is 24.8 Å². The first-order valence-corrected chi connectivity index (χ1v) is 11.1. The lowest BCUT2D eigenvalue weighted by atomic mass is 9.79. The Hall–Kier alpha value is -2.69. The van der Waals surface area contributed by atoms with E-state index in [1.807, 2.05) is 12.1 Å². The number of hydrogen-bond acceptors (Lipinski definition) is 4. The van der Waals surface area contributed by atoms with Crippen molar-refractivity contribution in [1.82, 2.24) is 9.55 Å². The van der Waals surface area contributed by atoms with Crippen LogP contribution in [-0.4, -0.2) is 27.9 Å². The molecule has 0 aliphatic carbocycles. The number of phenolic OH excluding ortho intramolecular Hbond substituents is 1. The largest absolute Gasteiger partial charge is 0.507 e. The first kappa shape index (κ1) is 21.5. The molecule has 2 heterocycles. The summed E-state index contributed by atoms with van der Waals surface area (Å²) in [6.45, 7) is 18.2. The lowest BCUT2D eigenvalue weighted by Crippen LogP contribution is -2.18. The summed E-state index contributed by atoms with van der Waals surface area (Å²) in [5, 5.41) is 11.2. The SMILES string of the molecule is CC(C)c1nc2cc3c(cc2n1-c1cc(C(C)(C)C)c(O)c(C(C)(C)C)c1)OCCO3. The molecule has 1 aromatic heterocycles. The normalized spacial score (nSPS) is 14.5. The van der Waals surface area contributed by atoms with Crippen molar-refractivity contribution >= 4 is 11.0 Å². The lowest BCUT2D eigenvalue weighted by molar-refractivity contribution is 0.172. The minimum atomic E-state index is -0.204. The van der Waals surface area contributed by atoms with Gasteiger partial charge in [-0.15, -0.1) is 0 Å². The van der Waals surface area contributed by atoms with Crippen molar-refractivity contribution < 1.29 is 14.6 Å². The Morgan fingerprint density at radius 1 is 0.871 bits per heavy atom. The molecular formula is C26H34N2O3. The molecule has 0 unspecified atom stereocenters. The molecule has 0 saturated heterocycles. The molecule has 4 rings (SSSR count). The van der Waals surface area contributed by atoms with E-state index >= 15 is 0 Å². The molecule has 0 radical (unpaired) electrons. The predicted molar refractivity (Wildman–Crippen MR) is 125 cm³/mol. The Bertz CT molecular complexity index is 1110. The molecule has 166 valence electrons. The molecule has 2 aromatic carbocycles. The van der Waals surface area contributed by atoms with Crippen molar-refractivity contribution in [3.8, 4) is 22.9 Å². The van der Waals surface area contributed by atoms with E-state index in [0.717, 1.165) is 45.2 Å². The molecule has 1 N–H and O–H groups in total. The third-order valence-corrected chi connectivity index (χ3v) is 5.83. The van der Waals surface area contributed by atoms with Crippen molar-refractivity contribution in [1.29, 1.82) is 0 Å². The van der Waals surface area contributed by atoms with Gasteiger partial charge in [0.15, 0.2) is 11.5 Å². The molecular weight excluding hydrogens is 388 g/mol. The standard InChI is InChI=1S/C26H34N2O3/c1-15(2)24-27-19-13-21-22(31-10-9-30-21)14-20(19)28(24)16-11-17(25(3,4)5)23(29)18(12-16)26(6,7)8/h11-15,29H,9-10H2,1-8H3. The summed E-state index contributed by atoms with van der Waals surface area (Å²) in [5.41, 5.74) is 4.34.